The Bertz CT molecular complexity index is 826. The molecule has 0 bridgehead atoms. The van der Waals surface area contributed by atoms with Gasteiger partial charge in [-0.05, 0) is 36.3 Å². The standard InChI is InChI=1S/C21H22N2O3/c1-15(2)14-26-20-12-8-7-11-18(20)23-21(25)19(22-16(3)24)13-17-9-5-4-6-10-17/h4-13H,1,14H2,2-3H3,(H,22,24)(H,23,25)/b19-13-. The highest BCUT2D eigenvalue weighted by molar-refractivity contribution is 6.09. The van der Waals surface area contributed by atoms with Crippen molar-refractivity contribution in [3.05, 3.63) is 78.0 Å². The smallest absolute Gasteiger partial charge is 0.272 e. The topological polar surface area (TPSA) is 67.4 Å². The zero-order chi connectivity index (χ0) is 18.9. The summed E-state index contributed by atoms with van der Waals surface area (Å²) in [7, 11) is 0. The molecule has 0 aliphatic rings. The molecule has 0 aliphatic carbocycles. The molecule has 2 rings (SSSR count). The summed E-state index contributed by atoms with van der Waals surface area (Å²) >= 11 is 0. The molecule has 2 N–H and O–H groups in total. The number of para-hydroxylation sites is 2. The Morgan fingerprint density at radius 2 is 1.69 bits per heavy atom. The van der Waals surface area contributed by atoms with Crippen molar-refractivity contribution in [1.82, 2.24) is 5.32 Å². The number of hydrogen-bond donors (Lipinski definition) is 2. The van der Waals surface area contributed by atoms with Gasteiger partial charge in [0.25, 0.3) is 5.91 Å². The summed E-state index contributed by atoms with van der Waals surface area (Å²) < 4.78 is 5.66. The number of hydrogen-bond acceptors (Lipinski definition) is 3. The molecule has 0 saturated carbocycles. The van der Waals surface area contributed by atoms with E-state index < -0.39 is 5.91 Å². The predicted molar refractivity (Wildman–Crippen MR) is 104 cm³/mol. The Balaban J connectivity index is 2.23. The molecule has 0 saturated heterocycles. The SMILES string of the molecule is C=C(C)COc1ccccc1NC(=O)/C(=C/c1ccccc1)NC(C)=O. The minimum absolute atomic E-state index is 0.151. The molecule has 2 aromatic carbocycles. The fraction of sp³-hybridized carbons (Fsp3) is 0.143. The Hall–Kier alpha value is -3.34. The maximum absolute atomic E-state index is 12.7. The molecule has 0 atom stereocenters. The van der Waals surface area contributed by atoms with E-state index in [4.69, 9.17) is 4.74 Å². The monoisotopic (exact) mass is 350 g/mol. The van der Waals surface area contributed by atoms with Gasteiger partial charge in [0, 0.05) is 6.92 Å². The van der Waals surface area contributed by atoms with Gasteiger partial charge in [0.15, 0.2) is 0 Å². The minimum Gasteiger partial charge on any atom is -0.487 e. The van der Waals surface area contributed by atoms with Crippen molar-refractivity contribution in [2.75, 3.05) is 11.9 Å². The van der Waals surface area contributed by atoms with Gasteiger partial charge < -0.3 is 15.4 Å². The first kappa shape index (κ1) is 19.0. The van der Waals surface area contributed by atoms with E-state index in [-0.39, 0.29) is 11.6 Å². The lowest BCUT2D eigenvalue weighted by atomic mass is 10.2. The Kier molecular flexibility index (Phi) is 6.74. The quantitative estimate of drug-likeness (QED) is 0.590. The van der Waals surface area contributed by atoms with Crippen LogP contribution in [0.2, 0.25) is 0 Å². The summed E-state index contributed by atoms with van der Waals surface area (Å²) in [5, 5.41) is 5.36. The molecule has 0 aliphatic heterocycles. The molecule has 0 aromatic heterocycles. The number of nitrogens with one attached hydrogen (secondary N) is 2. The van der Waals surface area contributed by atoms with Crippen molar-refractivity contribution in [3.63, 3.8) is 0 Å². The Morgan fingerprint density at radius 3 is 2.35 bits per heavy atom. The van der Waals surface area contributed by atoms with Gasteiger partial charge in [-0.25, -0.2) is 0 Å². The highest BCUT2D eigenvalue weighted by Crippen LogP contribution is 2.24. The average molecular weight is 350 g/mol. The Labute approximate surface area is 153 Å². The summed E-state index contributed by atoms with van der Waals surface area (Å²) in [5.74, 6) is -0.227. The van der Waals surface area contributed by atoms with E-state index in [2.05, 4.69) is 17.2 Å². The first-order valence-electron chi connectivity index (χ1n) is 8.17. The lowest BCUT2D eigenvalue weighted by molar-refractivity contribution is -0.120. The first-order valence-corrected chi connectivity index (χ1v) is 8.17. The second-order valence-electron chi connectivity index (χ2n) is 5.85. The largest absolute Gasteiger partial charge is 0.487 e. The van der Waals surface area contributed by atoms with Gasteiger partial charge in [-0.2, -0.15) is 0 Å². The van der Waals surface area contributed by atoms with Gasteiger partial charge in [-0.15, -0.1) is 0 Å². The highest BCUT2D eigenvalue weighted by atomic mass is 16.5. The van der Waals surface area contributed by atoms with Crippen molar-refractivity contribution >= 4 is 23.6 Å². The minimum atomic E-state index is -0.435. The molecule has 5 nitrogen and oxygen atoms in total. The van der Waals surface area contributed by atoms with E-state index in [0.717, 1.165) is 11.1 Å². The van der Waals surface area contributed by atoms with Gasteiger partial charge in [-0.3, -0.25) is 9.59 Å². The number of carbonyl (C=O) groups excluding carboxylic acids is 2. The van der Waals surface area contributed by atoms with E-state index >= 15 is 0 Å². The van der Waals surface area contributed by atoms with Crippen molar-refractivity contribution in [3.8, 4) is 5.75 Å². The molecule has 0 heterocycles. The third-order valence-corrected chi connectivity index (χ3v) is 3.28. The molecule has 2 amide bonds. The number of benzene rings is 2. The molecule has 2 aromatic rings. The molecule has 0 spiro atoms. The maximum atomic E-state index is 12.7. The molecule has 134 valence electrons. The summed E-state index contributed by atoms with van der Waals surface area (Å²) in [6, 6.07) is 16.4. The van der Waals surface area contributed by atoms with E-state index in [1.54, 1.807) is 24.3 Å². The van der Waals surface area contributed by atoms with E-state index in [1.165, 1.54) is 6.92 Å². The van der Waals surface area contributed by atoms with Gasteiger partial charge in [0.05, 0.1) is 5.69 Å². The van der Waals surface area contributed by atoms with Gasteiger partial charge >= 0.3 is 0 Å². The zero-order valence-electron chi connectivity index (χ0n) is 14.9. The van der Waals surface area contributed by atoms with Gasteiger partial charge in [0.1, 0.15) is 18.1 Å². The van der Waals surface area contributed by atoms with Crippen LogP contribution < -0.4 is 15.4 Å². The second kappa shape index (κ2) is 9.22. The van der Waals surface area contributed by atoms with E-state index in [1.807, 2.05) is 43.3 Å². The average Bonchev–Trinajstić information content (AvgIpc) is 2.61. The van der Waals surface area contributed by atoms with Crippen LogP contribution in [-0.2, 0) is 9.59 Å². The van der Waals surface area contributed by atoms with E-state index in [0.29, 0.717) is 18.0 Å². The molecule has 0 unspecified atom stereocenters. The predicted octanol–water partition coefficient (Wildman–Crippen LogP) is 3.76. The number of carbonyl (C=O) groups is 2. The molecular formula is C21H22N2O3. The van der Waals surface area contributed by atoms with Gasteiger partial charge in [0.2, 0.25) is 5.91 Å². The number of ether oxygens (including phenoxy) is 1. The van der Waals surface area contributed by atoms with Crippen LogP contribution in [0.5, 0.6) is 5.75 Å². The van der Waals surface area contributed by atoms with Gasteiger partial charge in [-0.1, -0.05) is 49.0 Å². The van der Waals surface area contributed by atoms with Crippen molar-refractivity contribution in [2.45, 2.75) is 13.8 Å². The van der Waals surface area contributed by atoms with Crippen LogP contribution in [-0.4, -0.2) is 18.4 Å². The van der Waals surface area contributed by atoms with Crippen LogP contribution in [0.15, 0.2) is 72.4 Å². The molecule has 0 fully saturated rings. The van der Waals surface area contributed by atoms with Crippen LogP contribution >= 0.6 is 0 Å². The second-order valence-corrected chi connectivity index (χ2v) is 5.85. The molecule has 0 radical (unpaired) electrons. The van der Waals surface area contributed by atoms with Crippen molar-refractivity contribution in [1.29, 1.82) is 0 Å². The van der Waals surface area contributed by atoms with Crippen molar-refractivity contribution < 1.29 is 14.3 Å². The first-order chi connectivity index (χ1) is 12.5. The number of anilines is 1. The summed E-state index contributed by atoms with van der Waals surface area (Å²) in [6.45, 7) is 7.37. The summed E-state index contributed by atoms with van der Waals surface area (Å²) in [5.41, 5.74) is 2.34. The van der Waals surface area contributed by atoms with Crippen LogP contribution in [0.1, 0.15) is 19.4 Å². The molecule has 26 heavy (non-hydrogen) atoms. The van der Waals surface area contributed by atoms with Crippen LogP contribution in [0.4, 0.5) is 5.69 Å². The van der Waals surface area contributed by atoms with Crippen LogP contribution in [0.3, 0.4) is 0 Å². The third-order valence-electron chi connectivity index (χ3n) is 3.28. The maximum Gasteiger partial charge on any atom is 0.272 e. The summed E-state index contributed by atoms with van der Waals surface area (Å²) in [6.07, 6.45) is 1.62. The fourth-order valence-electron chi connectivity index (χ4n) is 2.15. The molecule has 5 heteroatoms. The van der Waals surface area contributed by atoms with Crippen LogP contribution in [0, 0.1) is 0 Å². The summed E-state index contributed by atoms with van der Waals surface area (Å²) in [4.78, 5) is 24.2. The van der Waals surface area contributed by atoms with E-state index in [9.17, 15) is 9.59 Å². The lowest BCUT2D eigenvalue weighted by Gasteiger charge is -2.14. The highest BCUT2D eigenvalue weighted by Gasteiger charge is 2.14. The zero-order valence-corrected chi connectivity index (χ0v) is 14.9. The normalized spacial score (nSPS) is 10.8. The number of rotatable bonds is 7. The fourth-order valence-corrected chi connectivity index (χ4v) is 2.15. The number of amides is 2. The molecular weight excluding hydrogens is 328 g/mol. The van der Waals surface area contributed by atoms with Crippen molar-refractivity contribution in [2.24, 2.45) is 0 Å². The van der Waals surface area contributed by atoms with Crippen LogP contribution in [0.25, 0.3) is 6.08 Å². The lowest BCUT2D eigenvalue weighted by Crippen LogP contribution is -2.29. The third kappa shape index (κ3) is 5.94. The Morgan fingerprint density at radius 1 is 1.04 bits per heavy atom.